The van der Waals surface area contributed by atoms with E-state index in [1.54, 1.807) is 0 Å². The van der Waals surface area contributed by atoms with Crippen LogP contribution >= 0.6 is 0 Å². The number of nitrogens with zero attached hydrogens (tertiary/aromatic N) is 4. The molecular weight excluding hydrogens is 214 g/mol. The summed E-state index contributed by atoms with van der Waals surface area (Å²) in [5, 5.41) is 0. The average Bonchev–Trinajstić information content (AvgIpc) is 2.37. The van der Waals surface area contributed by atoms with Crippen LogP contribution in [0.1, 0.15) is 12.2 Å². The summed E-state index contributed by atoms with van der Waals surface area (Å²) in [7, 11) is 0. The lowest BCUT2D eigenvalue weighted by Crippen LogP contribution is -2.47. The molecule has 0 amide bonds. The molecule has 0 aliphatic carbocycles. The Morgan fingerprint density at radius 3 is 2.71 bits per heavy atom. The molecule has 1 aromatic rings. The molecule has 2 heterocycles. The second kappa shape index (κ2) is 5.93. The van der Waals surface area contributed by atoms with Crippen LogP contribution in [0.4, 0.5) is 5.82 Å². The van der Waals surface area contributed by atoms with Crippen LogP contribution in [0.15, 0.2) is 12.3 Å². The van der Waals surface area contributed by atoms with Gasteiger partial charge in [-0.3, -0.25) is 4.90 Å². The van der Waals surface area contributed by atoms with Gasteiger partial charge in [0.25, 0.3) is 0 Å². The third kappa shape index (κ3) is 3.38. The van der Waals surface area contributed by atoms with Crippen LogP contribution in [-0.4, -0.2) is 54.1 Å². The molecule has 0 spiro atoms. The van der Waals surface area contributed by atoms with Crippen molar-refractivity contribution in [3.63, 3.8) is 0 Å². The summed E-state index contributed by atoms with van der Waals surface area (Å²) < 4.78 is 0. The maximum absolute atomic E-state index is 5.53. The molecule has 2 N–H and O–H groups in total. The molecule has 5 heteroatoms. The number of piperazine rings is 1. The number of aromatic nitrogens is 2. The monoisotopic (exact) mass is 235 g/mol. The van der Waals surface area contributed by atoms with Crippen molar-refractivity contribution < 1.29 is 0 Å². The van der Waals surface area contributed by atoms with Gasteiger partial charge in [0.2, 0.25) is 0 Å². The van der Waals surface area contributed by atoms with Crippen molar-refractivity contribution in [2.45, 2.75) is 13.3 Å². The van der Waals surface area contributed by atoms with E-state index in [1.165, 1.54) is 0 Å². The van der Waals surface area contributed by atoms with Crippen molar-refractivity contribution in [3.05, 3.63) is 18.1 Å². The first kappa shape index (κ1) is 12.3. The van der Waals surface area contributed by atoms with Gasteiger partial charge in [-0.1, -0.05) is 0 Å². The lowest BCUT2D eigenvalue weighted by atomic mass is 10.3. The van der Waals surface area contributed by atoms with Crippen LogP contribution in [0, 0.1) is 6.92 Å². The molecular formula is C12H21N5. The van der Waals surface area contributed by atoms with E-state index in [-0.39, 0.29) is 0 Å². The van der Waals surface area contributed by atoms with Crippen LogP contribution in [0.25, 0.3) is 0 Å². The summed E-state index contributed by atoms with van der Waals surface area (Å²) in [5.74, 6) is 1.89. The van der Waals surface area contributed by atoms with Crippen LogP contribution < -0.4 is 10.6 Å². The van der Waals surface area contributed by atoms with Gasteiger partial charge in [-0.25, -0.2) is 9.97 Å². The average molecular weight is 235 g/mol. The van der Waals surface area contributed by atoms with Crippen molar-refractivity contribution in [2.75, 3.05) is 44.2 Å². The fourth-order valence-electron chi connectivity index (χ4n) is 2.14. The second-order valence-electron chi connectivity index (χ2n) is 4.43. The van der Waals surface area contributed by atoms with Crippen LogP contribution in [0.5, 0.6) is 0 Å². The highest BCUT2D eigenvalue weighted by Gasteiger charge is 2.17. The summed E-state index contributed by atoms with van der Waals surface area (Å²) >= 11 is 0. The van der Waals surface area contributed by atoms with Gasteiger partial charge in [-0.15, -0.1) is 0 Å². The normalized spacial score (nSPS) is 17.4. The maximum Gasteiger partial charge on any atom is 0.132 e. The Morgan fingerprint density at radius 1 is 1.29 bits per heavy atom. The first-order chi connectivity index (χ1) is 8.29. The van der Waals surface area contributed by atoms with Crippen LogP contribution in [0.2, 0.25) is 0 Å². The van der Waals surface area contributed by atoms with E-state index in [0.29, 0.717) is 0 Å². The van der Waals surface area contributed by atoms with E-state index >= 15 is 0 Å². The molecule has 0 radical (unpaired) electrons. The van der Waals surface area contributed by atoms with E-state index < -0.39 is 0 Å². The zero-order chi connectivity index (χ0) is 12.1. The first-order valence-corrected chi connectivity index (χ1v) is 6.26. The molecule has 1 aliphatic heterocycles. The van der Waals surface area contributed by atoms with E-state index in [4.69, 9.17) is 5.73 Å². The van der Waals surface area contributed by atoms with E-state index in [2.05, 4.69) is 19.8 Å². The third-order valence-electron chi connectivity index (χ3n) is 3.14. The molecule has 0 unspecified atom stereocenters. The summed E-state index contributed by atoms with van der Waals surface area (Å²) in [4.78, 5) is 13.4. The van der Waals surface area contributed by atoms with Crippen molar-refractivity contribution >= 4 is 5.82 Å². The SMILES string of the molecule is Cc1nccc(N2CCN(CCCN)CC2)n1. The Kier molecular flexibility index (Phi) is 4.28. The van der Waals surface area contributed by atoms with E-state index in [1.807, 2.05) is 19.2 Å². The topological polar surface area (TPSA) is 58.3 Å². The van der Waals surface area contributed by atoms with Gasteiger partial charge in [-0.05, 0) is 32.5 Å². The van der Waals surface area contributed by atoms with Crippen LogP contribution in [-0.2, 0) is 0 Å². The third-order valence-corrected chi connectivity index (χ3v) is 3.14. The van der Waals surface area contributed by atoms with Gasteiger partial charge in [0.05, 0.1) is 0 Å². The number of aryl methyl sites for hydroxylation is 1. The predicted molar refractivity (Wildman–Crippen MR) is 69.1 cm³/mol. The molecule has 2 rings (SSSR count). The van der Waals surface area contributed by atoms with Crippen molar-refractivity contribution in [2.24, 2.45) is 5.73 Å². The lowest BCUT2D eigenvalue weighted by molar-refractivity contribution is 0.256. The zero-order valence-electron chi connectivity index (χ0n) is 10.5. The molecule has 0 bridgehead atoms. The number of hydrogen-bond acceptors (Lipinski definition) is 5. The summed E-state index contributed by atoms with van der Waals surface area (Å²) in [6.07, 6.45) is 2.92. The number of anilines is 1. The fourth-order valence-corrected chi connectivity index (χ4v) is 2.14. The summed E-state index contributed by atoms with van der Waals surface area (Å²) in [5.41, 5.74) is 5.53. The highest BCUT2D eigenvalue weighted by molar-refractivity contribution is 5.37. The summed E-state index contributed by atoms with van der Waals surface area (Å²) in [6, 6.07) is 1.99. The van der Waals surface area contributed by atoms with E-state index in [9.17, 15) is 0 Å². The standard InChI is InChI=1S/C12H21N5/c1-11-14-5-3-12(15-11)17-9-7-16(8-10-17)6-2-4-13/h3,5H,2,4,6-10,13H2,1H3. The molecule has 17 heavy (non-hydrogen) atoms. The Hall–Kier alpha value is -1.20. The molecule has 1 aromatic heterocycles. The predicted octanol–water partition coefficient (Wildman–Crippen LogP) is 0.256. The number of hydrogen-bond donors (Lipinski definition) is 1. The minimum absolute atomic E-state index is 0.783. The lowest BCUT2D eigenvalue weighted by Gasteiger charge is -2.35. The zero-order valence-corrected chi connectivity index (χ0v) is 10.5. The van der Waals surface area contributed by atoms with Gasteiger partial charge in [0.1, 0.15) is 11.6 Å². The van der Waals surface area contributed by atoms with Gasteiger partial charge >= 0.3 is 0 Å². The van der Waals surface area contributed by atoms with Crippen molar-refractivity contribution in [3.8, 4) is 0 Å². The molecule has 1 aliphatic rings. The quantitative estimate of drug-likeness (QED) is 0.811. The molecule has 94 valence electrons. The molecule has 0 atom stereocenters. The Labute approximate surface area is 103 Å². The van der Waals surface area contributed by atoms with E-state index in [0.717, 1.165) is 57.3 Å². The Morgan fingerprint density at radius 2 is 2.06 bits per heavy atom. The van der Waals surface area contributed by atoms with Crippen molar-refractivity contribution in [1.82, 2.24) is 14.9 Å². The number of rotatable bonds is 4. The van der Waals surface area contributed by atoms with Gasteiger partial charge < -0.3 is 10.6 Å². The number of nitrogens with two attached hydrogens (primary N) is 1. The fraction of sp³-hybridized carbons (Fsp3) is 0.667. The van der Waals surface area contributed by atoms with Crippen LogP contribution in [0.3, 0.4) is 0 Å². The molecule has 1 fully saturated rings. The maximum atomic E-state index is 5.53. The largest absolute Gasteiger partial charge is 0.354 e. The molecule has 5 nitrogen and oxygen atoms in total. The van der Waals surface area contributed by atoms with Gasteiger partial charge in [-0.2, -0.15) is 0 Å². The van der Waals surface area contributed by atoms with Gasteiger partial charge in [0, 0.05) is 32.4 Å². The smallest absolute Gasteiger partial charge is 0.132 e. The highest BCUT2D eigenvalue weighted by atomic mass is 15.3. The minimum atomic E-state index is 0.783. The second-order valence-corrected chi connectivity index (χ2v) is 4.43. The molecule has 1 saturated heterocycles. The van der Waals surface area contributed by atoms with Crippen molar-refractivity contribution in [1.29, 1.82) is 0 Å². The minimum Gasteiger partial charge on any atom is -0.354 e. The molecule has 0 aromatic carbocycles. The van der Waals surface area contributed by atoms with Gasteiger partial charge in [0.15, 0.2) is 0 Å². The molecule has 0 saturated carbocycles. The first-order valence-electron chi connectivity index (χ1n) is 6.26. The Bertz CT molecular complexity index is 347. The summed E-state index contributed by atoms with van der Waals surface area (Å²) in [6.45, 7) is 8.12. The Balaban J connectivity index is 1.86. The highest BCUT2D eigenvalue weighted by Crippen LogP contribution is 2.12.